The second kappa shape index (κ2) is 8.18. The molecule has 0 aliphatic carbocycles. The molecule has 1 aromatic carbocycles. The van der Waals surface area contributed by atoms with Gasteiger partial charge in [-0.05, 0) is 43.5 Å². The molecule has 3 aromatic rings. The standard InChI is InChI=1S/C20H19FN2O3S/c1-13-7-8-14(2)23(13)19-16(9-10-27-19)20(25)26-12-18(24)22-11-15-5-3-4-6-17(15)21/h3-10H,11-12H2,1-2H3,(H,22,24). The highest BCUT2D eigenvalue weighted by Crippen LogP contribution is 2.26. The SMILES string of the molecule is Cc1ccc(C)n1-c1sccc1C(=O)OCC(=O)NCc1ccccc1F. The molecule has 0 bridgehead atoms. The fraction of sp³-hybridized carbons (Fsp3) is 0.200. The Morgan fingerprint density at radius 1 is 1.11 bits per heavy atom. The van der Waals surface area contributed by atoms with Crippen molar-refractivity contribution in [2.45, 2.75) is 20.4 Å². The van der Waals surface area contributed by atoms with Gasteiger partial charge in [-0.25, -0.2) is 9.18 Å². The Bertz CT molecular complexity index is 958. The lowest BCUT2D eigenvalue weighted by Gasteiger charge is -2.10. The second-order valence-corrected chi connectivity index (χ2v) is 6.93. The molecule has 0 unspecified atom stereocenters. The van der Waals surface area contributed by atoms with E-state index in [1.807, 2.05) is 35.9 Å². The summed E-state index contributed by atoms with van der Waals surface area (Å²) >= 11 is 1.43. The number of hydrogen-bond donors (Lipinski definition) is 1. The van der Waals surface area contributed by atoms with E-state index in [0.29, 0.717) is 11.1 Å². The van der Waals surface area contributed by atoms with Crippen LogP contribution < -0.4 is 5.32 Å². The molecule has 7 heteroatoms. The van der Waals surface area contributed by atoms with Crippen molar-refractivity contribution in [3.63, 3.8) is 0 Å². The topological polar surface area (TPSA) is 60.3 Å². The van der Waals surface area contributed by atoms with Gasteiger partial charge < -0.3 is 14.6 Å². The molecule has 0 radical (unpaired) electrons. The van der Waals surface area contributed by atoms with Gasteiger partial charge in [-0.2, -0.15) is 0 Å². The number of esters is 1. The summed E-state index contributed by atoms with van der Waals surface area (Å²) < 4.78 is 20.7. The molecule has 0 atom stereocenters. The third-order valence-electron chi connectivity index (χ3n) is 4.11. The average molecular weight is 386 g/mol. The molecule has 2 heterocycles. The number of nitrogens with one attached hydrogen (secondary N) is 1. The second-order valence-electron chi connectivity index (χ2n) is 6.04. The molecule has 0 saturated heterocycles. The molecule has 140 valence electrons. The van der Waals surface area contributed by atoms with E-state index in [1.54, 1.807) is 24.3 Å². The number of thiophene rings is 1. The van der Waals surface area contributed by atoms with E-state index in [1.165, 1.54) is 17.4 Å². The van der Waals surface area contributed by atoms with Gasteiger partial charge in [-0.3, -0.25) is 4.79 Å². The predicted molar refractivity (Wildman–Crippen MR) is 102 cm³/mol. The van der Waals surface area contributed by atoms with Crippen LogP contribution in [0.3, 0.4) is 0 Å². The molecule has 0 saturated carbocycles. The number of carbonyl (C=O) groups excluding carboxylic acids is 2. The molecule has 0 aliphatic heterocycles. The number of aryl methyl sites for hydroxylation is 2. The highest BCUT2D eigenvalue weighted by molar-refractivity contribution is 7.13. The Kier molecular flexibility index (Phi) is 5.71. The first-order chi connectivity index (χ1) is 13.0. The van der Waals surface area contributed by atoms with Crippen molar-refractivity contribution < 1.29 is 18.7 Å². The van der Waals surface area contributed by atoms with E-state index in [-0.39, 0.29) is 6.54 Å². The van der Waals surface area contributed by atoms with Crippen molar-refractivity contribution in [2.75, 3.05) is 6.61 Å². The van der Waals surface area contributed by atoms with Crippen LogP contribution in [-0.2, 0) is 16.1 Å². The van der Waals surface area contributed by atoms with Gasteiger partial charge >= 0.3 is 5.97 Å². The molecule has 0 aliphatic rings. The summed E-state index contributed by atoms with van der Waals surface area (Å²) in [5, 5.41) is 5.11. The lowest BCUT2D eigenvalue weighted by Crippen LogP contribution is -2.28. The van der Waals surface area contributed by atoms with Crippen LogP contribution in [0.4, 0.5) is 4.39 Å². The van der Waals surface area contributed by atoms with Crippen LogP contribution in [-0.4, -0.2) is 23.1 Å². The van der Waals surface area contributed by atoms with E-state index >= 15 is 0 Å². The third kappa shape index (κ3) is 4.25. The van der Waals surface area contributed by atoms with E-state index in [0.717, 1.165) is 16.4 Å². The average Bonchev–Trinajstić information content (AvgIpc) is 3.25. The van der Waals surface area contributed by atoms with Crippen LogP contribution in [0.25, 0.3) is 5.00 Å². The zero-order valence-electron chi connectivity index (χ0n) is 15.0. The summed E-state index contributed by atoms with van der Waals surface area (Å²) in [5.41, 5.74) is 2.79. The maximum atomic E-state index is 13.5. The molecule has 1 N–H and O–H groups in total. The number of rotatable bonds is 6. The summed E-state index contributed by atoms with van der Waals surface area (Å²) in [6.45, 7) is 3.52. The fourth-order valence-corrected chi connectivity index (χ4v) is 3.72. The van der Waals surface area contributed by atoms with E-state index < -0.39 is 24.3 Å². The molecular formula is C20H19FN2O3S. The summed E-state index contributed by atoms with van der Waals surface area (Å²) in [6, 6.07) is 11.8. The quantitative estimate of drug-likeness (QED) is 0.656. The van der Waals surface area contributed by atoms with Crippen molar-refractivity contribution in [1.29, 1.82) is 0 Å². The Labute approximate surface area is 160 Å². The maximum absolute atomic E-state index is 13.5. The molecular weight excluding hydrogens is 367 g/mol. The number of carbonyl (C=O) groups is 2. The predicted octanol–water partition coefficient (Wildman–Crippen LogP) is 3.77. The van der Waals surface area contributed by atoms with Crippen molar-refractivity contribution in [3.8, 4) is 5.00 Å². The van der Waals surface area contributed by atoms with Crippen molar-refractivity contribution in [1.82, 2.24) is 9.88 Å². The molecule has 3 rings (SSSR count). The lowest BCUT2D eigenvalue weighted by molar-refractivity contribution is -0.124. The van der Waals surface area contributed by atoms with Gasteiger partial charge in [0, 0.05) is 23.5 Å². The fourth-order valence-electron chi connectivity index (χ4n) is 2.71. The highest BCUT2D eigenvalue weighted by atomic mass is 32.1. The Morgan fingerprint density at radius 3 is 2.52 bits per heavy atom. The van der Waals surface area contributed by atoms with Crippen LogP contribution in [0.2, 0.25) is 0 Å². The van der Waals surface area contributed by atoms with E-state index in [4.69, 9.17) is 4.74 Å². The first-order valence-corrected chi connectivity index (χ1v) is 9.25. The Hall–Kier alpha value is -2.93. The minimum absolute atomic E-state index is 0.0362. The van der Waals surface area contributed by atoms with Crippen LogP contribution in [0.5, 0.6) is 0 Å². The Balaban J connectivity index is 1.60. The minimum Gasteiger partial charge on any atom is -0.452 e. The molecule has 0 fully saturated rings. The lowest BCUT2D eigenvalue weighted by atomic mass is 10.2. The zero-order chi connectivity index (χ0) is 19.4. The summed E-state index contributed by atoms with van der Waals surface area (Å²) in [4.78, 5) is 24.3. The number of benzene rings is 1. The monoisotopic (exact) mass is 386 g/mol. The molecule has 1 amide bonds. The van der Waals surface area contributed by atoms with Gasteiger partial charge in [0.15, 0.2) is 6.61 Å². The van der Waals surface area contributed by atoms with E-state index in [2.05, 4.69) is 5.32 Å². The van der Waals surface area contributed by atoms with Gasteiger partial charge in [-0.1, -0.05) is 18.2 Å². The van der Waals surface area contributed by atoms with Gasteiger partial charge in [0.05, 0.1) is 5.56 Å². The number of halogens is 1. The van der Waals surface area contributed by atoms with Crippen LogP contribution in [0.1, 0.15) is 27.3 Å². The summed E-state index contributed by atoms with van der Waals surface area (Å²) in [7, 11) is 0. The van der Waals surface area contributed by atoms with Crippen LogP contribution in [0, 0.1) is 19.7 Å². The van der Waals surface area contributed by atoms with Gasteiger partial charge in [0.1, 0.15) is 10.8 Å². The molecule has 2 aromatic heterocycles. The molecule has 0 spiro atoms. The number of nitrogens with zero attached hydrogens (tertiary/aromatic N) is 1. The third-order valence-corrected chi connectivity index (χ3v) is 5.01. The number of ether oxygens (including phenoxy) is 1. The molecule has 27 heavy (non-hydrogen) atoms. The van der Waals surface area contributed by atoms with E-state index in [9.17, 15) is 14.0 Å². The smallest absolute Gasteiger partial charge is 0.341 e. The zero-order valence-corrected chi connectivity index (χ0v) is 15.8. The number of hydrogen-bond acceptors (Lipinski definition) is 4. The first-order valence-electron chi connectivity index (χ1n) is 8.37. The molecule has 5 nitrogen and oxygen atoms in total. The highest BCUT2D eigenvalue weighted by Gasteiger charge is 2.19. The largest absolute Gasteiger partial charge is 0.452 e. The van der Waals surface area contributed by atoms with Crippen molar-refractivity contribution >= 4 is 23.2 Å². The normalized spacial score (nSPS) is 10.6. The number of aromatic nitrogens is 1. The number of amides is 1. The maximum Gasteiger partial charge on any atom is 0.341 e. The van der Waals surface area contributed by atoms with Gasteiger partial charge in [-0.15, -0.1) is 11.3 Å². The van der Waals surface area contributed by atoms with Crippen LogP contribution >= 0.6 is 11.3 Å². The van der Waals surface area contributed by atoms with Gasteiger partial charge in [0.2, 0.25) is 0 Å². The first kappa shape index (κ1) is 18.8. The van der Waals surface area contributed by atoms with Gasteiger partial charge in [0.25, 0.3) is 5.91 Å². The Morgan fingerprint density at radius 2 is 1.81 bits per heavy atom. The summed E-state index contributed by atoms with van der Waals surface area (Å²) in [6.07, 6.45) is 0. The van der Waals surface area contributed by atoms with Crippen molar-refractivity contribution in [3.05, 3.63) is 76.2 Å². The minimum atomic E-state index is -0.570. The van der Waals surface area contributed by atoms with Crippen LogP contribution in [0.15, 0.2) is 47.8 Å². The summed E-state index contributed by atoms with van der Waals surface area (Å²) in [5.74, 6) is -1.45. The van der Waals surface area contributed by atoms with Crippen molar-refractivity contribution in [2.24, 2.45) is 0 Å².